The number of ether oxygens (including phenoxy) is 1. The molecule has 3 rings (SSSR count). The molecule has 7 heteroatoms. The number of para-hydroxylation sites is 1. The van der Waals surface area contributed by atoms with Gasteiger partial charge in [-0.1, -0.05) is 35.9 Å². The van der Waals surface area contributed by atoms with Crippen LogP contribution in [0.3, 0.4) is 0 Å². The molecule has 0 radical (unpaired) electrons. The van der Waals surface area contributed by atoms with Crippen molar-refractivity contribution in [3.63, 3.8) is 0 Å². The maximum Gasteiger partial charge on any atom is 0.423 e. The van der Waals surface area contributed by atoms with Crippen molar-refractivity contribution in [2.45, 2.75) is 20.0 Å². The van der Waals surface area contributed by atoms with Gasteiger partial charge in [-0.15, -0.1) is 0 Å². The Kier molecular flexibility index (Phi) is 5.30. The first kappa shape index (κ1) is 18.7. The summed E-state index contributed by atoms with van der Waals surface area (Å²) in [6.45, 7) is 4.32. The second-order valence-corrected chi connectivity index (χ2v) is 5.88. The summed E-state index contributed by atoms with van der Waals surface area (Å²) >= 11 is 0. The molecule has 0 amide bonds. The van der Waals surface area contributed by atoms with Crippen LogP contribution in [0.2, 0.25) is 0 Å². The molecule has 0 bridgehead atoms. The van der Waals surface area contributed by atoms with Gasteiger partial charge in [0, 0.05) is 18.4 Å². The van der Waals surface area contributed by atoms with Crippen molar-refractivity contribution in [1.82, 2.24) is 9.97 Å². The summed E-state index contributed by atoms with van der Waals surface area (Å²) in [6, 6.07) is 15.8. The molecule has 0 unspecified atom stereocenters. The van der Waals surface area contributed by atoms with Crippen LogP contribution in [-0.4, -0.2) is 16.5 Å². The number of hydrogen-bond acceptors (Lipinski definition) is 4. The van der Waals surface area contributed by atoms with Crippen molar-refractivity contribution in [1.29, 1.82) is 0 Å². The summed E-state index contributed by atoms with van der Waals surface area (Å²) in [7, 11) is 0. The van der Waals surface area contributed by atoms with Crippen molar-refractivity contribution >= 4 is 11.6 Å². The minimum absolute atomic E-state index is 0.139. The molecule has 0 saturated heterocycles. The number of rotatable bonds is 5. The van der Waals surface area contributed by atoms with Crippen molar-refractivity contribution in [2.75, 3.05) is 11.4 Å². The van der Waals surface area contributed by atoms with Gasteiger partial charge in [0.2, 0.25) is 11.8 Å². The van der Waals surface area contributed by atoms with Gasteiger partial charge in [0.05, 0.1) is 0 Å². The monoisotopic (exact) mass is 373 g/mol. The van der Waals surface area contributed by atoms with Gasteiger partial charge in [0.25, 0.3) is 0 Å². The van der Waals surface area contributed by atoms with Crippen LogP contribution in [-0.2, 0) is 6.18 Å². The van der Waals surface area contributed by atoms with Crippen LogP contribution in [0.25, 0.3) is 0 Å². The summed E-state index contributed by atoms with van der Waals surface area (Å²) in [4.78, 5) is 9.73. The third-order valence-corrected chi connectivity index (χ3v) is 3.91. The number of halogens is 3. The van der Waals surface area contributed by atoms with Crippen LogP contribution in [0.15, 0.2) is 60.8 Å². The van der Waals surface area contributed by atoms with Crippen molar-refractivity contribution in [2.24, 2.45) is 0 Å². The lowest BCUT2D eigenvalue weighted by molar-refractivity contribution is -0.139. The molecule has 0 atom stereocenters. The highest BCUT2D eigenvalue weighted by Crippen LogP contribution is 2.38. The summed E-state index contributed by atoms with van der Waals surface area (Å²) in [5.74, 6) is -0.115. The van der Waals surface area contributed by atoms with Crippen molar-refractivity contribution < 1.29 is 17.9 Å². The number of hydrogen-bond donors (Lipinski definition) is 0. The normalized spacial score (nSPS) is 11.3. The first-order chi connectivity index (χ1) is 12.9. The zero-order valence-electron chi connectivity index (χ0n) is 14.9. The maximum absolute atomic E-state index is 13.4. The summed E-state index contributed by atoms with van der Waals surface area (Å²) in [6.07, 6.45) is -3.86. The van der Waals surface area contributed by atoms with Gasteiger partial charge in [-0.25, -0.2) is 4.98 Å². The molecule has 1 heterocycles. The third kappa shape index (κ3) is 4.36. The smallest absolute Gasteiger partial charge is 0.423 e. The third-order valence-electron chi connectivity index (χ3n) is 3.91. The lowest BCUT2D eigenvalue weighted by atomic mass is 10.2. The molecule has 3 aromatic rings. The van der Waals surface area contributed by atoms with Crippen LogP contribution in [0.5, 0.6) is 11.6 Å². The minimum atomic E-state index is -4.62. The van der Waals surface area contributed by atoms with Crippen LogP contribution in [0.4, 0.5) is 24.8 Å². The topological polar surface area (TPSA) is 38.2 Å². The Hall–Kier alpha value is -3.09. The quantitative estimate of drug-likeness (QED) is 0.570. The van der Waals surface area contributed by atoms with Gasteiger partial charge >= 0.3 is 6.18 Å². The van der Waals surface area contributed by atoms with E-state index < -0.39 is 17.6 Å². The number of aryl methyl sites for hydroxylation is 1. The largest absolute Gasteiger partial charge is 0.438 e. The second-order valence-electron chi connectivity index (χ2n) is 5.88. The molecule has 0 saturated carbocycles. The van der Waals surface area contributed by atoms with E-state index in [1.54, 1.807) is 35.2 Å². The Balaban J connectivity index is 2.03. The van der Waals surface area contributed by atoms with Crippen LogP contribution < -0.4 is 9.64 Å². The summed E-state index contributed by atoms with van der Waals surface area (Å²) in [5.41, 5.74) is 0.847. The van der Waals surface area contributed by atoms with Gasteiger partial charge in [-0.3, -0.25) is 0 Å². The predicted molar refractivity (Wildman–Crippen MR) is 97.4 cm³/mol. The fourth-order valence-corrected chi connectivity index (χ4v) is 2.52. The Bertz CT molecular complexity index is 897. The van der Waals surface area contributed by atoms with Crippen molar-refractivity contribution in [3.05, 3.63) is 71.9 Å². The SMILES string of the molecule is CCN(c1ccc(C)cc1)c1ncc(C(F)(F)F)c(Oc2ccccc2)n1. The number of aromatic nitrogens is 2. The Morgan fingerprint density at radius 1 is 1.00 bits per heavy atom. The van der Waals surface area contributed by atoms with Gasteiger partial charge in [0.15, 0.2) is 0 Å². The average Bonchev–Trinajstić information content (AvgIpc) is 2.64. The molecule has 27 heavy (non-hydrogen) atoms. The molecule has 2 aromatic carbocycles. The van der Waals surface area contributed by atoms with E-state index in [-0.39, 0.29) is 11.7 Å². The van der Waals surface area contributed by atoms with E-state index >= 15 is 0 Å². The number of alkyl halides is 3. The van der Waals surface area contributed by atoms with Crippen molar-refractivity contribution in [3.8, 4) is 11.6 Å². The van der Waals surface area contributed by atoms with Crippen LogP contribution in [0, 0.1) is 6.92 Å². The van der Waals surface area contributed by atoms with E-state index in [0.29, 0.717) is 6.54 Å². The van der Waals surface area contributed by atoms with Gasteiger partial charge in [0.1, 0.15) is 11.3 Å². The van der Waals surface area contributed by atoms with Crippen LogP contribution in [0.1, 0.15) is 18.1 Å². The molecule has 0 spiro atoms. The maximum atomic E-state index is 13.4. The molecular weight excluding hydrogens is 355 g/mol. The summed E-state index contributed by atoms with van der Waals surface area (Å²) in [5, 5.41) is 0. The Morgan fingerprint density at radius 3 is 2.26 bits per heavy atom. The highest BCUT2D eigenvalue weighted by molar-refractivity contribution is 5.58. The Labute approximate surface area is 155 Å². The summed E-state index contributed by atoms with van der Waals surface area (Å²) < 4.78 is 45.5. The fraction of sp³-hybridized carbons (Fsp3) is 0.200. The molecule has 0 aliphatic carbocycles. The van der Waals surface area contributed by atoms with Gasteiger partial charge < -0.3 is 9.64 Å². The lowest BCUT2D eigenvalue weighted by Crippen LogP contribution is -2.20. The highest BCUT2D eigenvalue weighted by atomic mass is 19.4. The molecule has 0 aliphatic heterocycles. The van der Waals surface area contributed by atoms with E-state index in [1.807, 2.05) is 38.1 Å². The molecule has 0 aliphatic rings. The van der Waals surface area contributed by atoms with E-state index in [1.165, 1.54) is 0 Å². The Morgan fingerprint density at radius 2 is 1.67 bits per heavy atom. The molecule has 140 valence electrons. The van der Waals surface area contributed by atoms with E-state index in [2.05, 4.69) is 9.97 Å². The standard InChI is InChI=1S/C20H18F3N3O/c1-3-26(15-11-9-14(2)10-12-15)19-24-13-17(20(21,22)23)18(25-19)27-16-7-5-4-6-8-16/h4-13H,3H2,1-2H3. The zero-order valence-corrected chi connectivity index (χ0v) is 14.9. The van der Waals surface area contributed by atoms with E-state index in [4.69, 9.17) is 4.74 Å². The first-order valence-electron chi connectivity index (χ1n) is 8.40. The lowest BCUT2D eigenvalue weighted by Gasteiger charge is -2.22. The molecule has 1 aromatic heterocycles. The highest BCUT2D eigenvalue weighted by Gasteiger charge is 2.37. The average molecular weight is 373 g/mol. The number of anilines is 2. The van der Waals surface area contributed by atoms with Gasteiger partial charge in [-0.05, 0) is 38.1 Å². The zero-order chi connectivity index (χ0) is 19.4. The van der Waals surface area contributed by atoms with Gasteiger partial charge in [-0.2, -0.15) is 18.2 Å². The molecular formula is C20H18F3N3O. The predicted octanol–water partition coefficient (Wildman–Crippen LogP) is 5.75. The molecule has 0 N–H and O–H groups in total. The van der Waals surface area contributed by atoms with Crippen LogP contribution >= 0.6 is 0 Å². The van der Waals surface area contributed by atoms with E-state index in [0.717, 1.165) is 17.4 Å². The van der Waals surface area contributed by atoms with E-state index in [9.17, 15) is 13.2 Å². The number of benzene rings is 2. The molecule has 0 fully saturated rings. The first-order valence-corrected chi connectivity index (χ1v) is 8.40. The molecule has 4 nitrogen and oxygen atoms in total. The fourth-order valence-electron chi connectivity index (χ4n) is 2.52. The number of nitrogens with zero attached hydrogens (tertiary/aromatic N) is 3. The second kappa shape index (κ2) is 7.65. The minimum Gasteiger partial charge on any atom is -0.438 e.